The molecule has 0 fully saturated rings. The van der Waals surface area contributed by atoms with Crippen LogP contribution in [-0.4, -0.2) is 23.1 Å². The fourth-order valence-corrected chi connectivity index (χ4v) is 3.38. The summed E-state index contributed by atoms with van der Waals surface area (Å²) >= 11 is 1.95. The maximum Gasteiger partial charge on any atom is 0.0338 e. The molecule has 0 bridgehead atoms. The minimum absolute atomic E-state index is 0.597. The summed E-state index contributed by atoms with van der Waals surface area (Å²) in [5.74, 6) is 1.26. The first-order valence-electron chi connectivity index (χ1n) is 7.76. The number of rotatable bonds is 7. The van der Waals surface area contributed by atoms with Gasteiger partial charge in [0.2, 0.25) is 0 Å². The number of hydrogen-bond donors (Lipinski definition) is 1. The van der Waals surface area contributed by atoms with Gasteiger partial charge in [0.05, 0.1) is 0 Å². The Kier molecular flexibility index (Phi) is 6.32. The van der Waals surface area contributed by atoms with Crippen molar-refractivity contribution in [3.8, 4) is 0 Å². The quantitative estimate of drug-likeness (QED) is 0.600. The van der Waals surface area contributed by atoms with E-state index in [2.05, 4.69) is 35.5 Å². The number of nitrogens with zero attached hydrogens (tertiary/aromatic N) is 1. The van der Waals surface area contributed by atoms with Crippen molar-refractivity contribution >= 4 is 11.8 Å². The first-order valence-corrected chi connectivity index (χ1v) is 9.15. The molecule has 2 nitrogen and oxygen atoms in total. The van der Waals surface area contributed by atoms with E-state index in [1.165, 1.54) is 50.8 Å². The Balaban J connectivity index is 2.03. The number of thioether (sulfide) groups is 1. The molecule has 0 aliphatic heterocycles. The van der Waals surface area contributed by atoms with E-state index in [1.54, 1.807) is 11.1 Å². The van der Waals surface area contributed by atoms with E-state index >= 15 is 0 Å². The Bertz CT molecular complexity index is 373. The van der Waals surface area contributed by atoms with Crippen LogP contribution in [0.2, 0.25) is 0 Å². The Labute approximate surface area is 122 Å². The van der Waals surface area contributed by atoms with E-state index < -0.39 is 0 Å². The summed E-state index contributed by atoms with van der Waals surface area (Å²) in [6.45, 7) is 4.56. The number of nitrogens with one attached hydrogen (secondary N) is 1. The topological polar surface area (TPSA) is 17.0 Å². The number of hydrogen-bond acceptors (Lipinski definition) is 2. The van der Waals surface area contributed by atoms with E-state index in [4.69, 9.17) is 0 Å². The molecule has 1 aromatic heterocycles. The largest absolute Gasteiger partial charge is 0.354 e. The smallest absolute Gasteiger partial charge is 0.0338 e. The fraction of sp³-hybridized carbons (Fsp3) is 0.750. The molecule has 2 rings (SSSR count). The van der Waals surface area contributed by atoms with E-state index in [0.29, 0.717) is 6.04 Å². The Morgan fingerprint density at radius 3 is 3.05 bits per heavy atom. The molecule has 19 heavy (non-hydrogen) atoms. The normalized spacial score (nSPS) is 19.2. The second-order valence-electron chi connectivity index (χ2n) is 5.58. The minimum Gasteiger partial charge on any atom is -0.354 e. The second kappa shape index (κ2) is 8.01. The van der Waals surface area contributed by atoms with Crippen molar-refractivity contribution in [1.29, 1.82) is 0 Å². The van der Waals surface area contributed by atoms with Crippen molar-refractivity contribution in [2.24, 2.45) is 0 Å². The lowest BCUT2D eigenvalue weighted by Gasteiger charge is -2.16. The van der Waals surface area contributed by atoms with Crippen LogP contribution in [0.3, 0.4) is 0 Å². The molecular formula is C16H28N2S. The van der Waals surface area contributed by atoms with Gasteiger partial charge in [0.25, 0.3) is 0 Å². The average molecular weight is 280 g/mol. The molecule has 1 N–H and O–H groups in total. The molecule has 0 aromatic carbocycles. The summed E-state index contributed by atoms with van der Waals surface area (Å²) in [6, 6.07) is 0.597. The molecular weight excluding hydrogens is 252 g/mol. The molecule has 3 heteroatoms. The molecule has 0 radical (unpaired) electrons. The predicted molar refractivity (Wildman–Crippen MR) is 86.0 cm³/mol. The first kappa shape index (κ1) is 15.0. The van der Waals surface area contributed by atoms with Crippen LogP contribution in [0.15, 0.2) is 12.4 Å². The highest BCUT2D eigenvalue weighted by atomic mass is 32.2. The van der Waals surface area contributed by atoms with Crippen molar-refractivity contribution in [3.05, 3.63) is 23.5 Å². The van der Waals surface area contributed by atoms with Crippen LogP contribution in [0.5, 0.6) is 0 Å². The Morgan fingerprint density at radius 1 is 1.37 bits per heavy atom. The summed E-state index contributed by atoms with van der Waals surface area (Å²) in [5, 5.41) is 3.73. The van der Waals surface area contributed by atoms with Crippen LogP contribution >= 0.6 is 11.8 Å². The van der Waals surface area contributed by atoms with Gasteiger partial charge >= 0.3 is 0 Å². The SMILES string of the molecule is CCCNC1CCCCc2cn(CCCSC)cc21. The van der Waals surface area contributed by atoms with E-state index in [9.17, 15) is 0 Å². The van der Waals surface area contributed by atoms with Gasteiger partial charge in [0.15, 0.2) is 0 Å². The lowest BCUT2D eigenvalue weighted by atomic mass is 10.0. The molecule has 1 unspecified atom stereocenters. The highest BCUT2D eigenvalue weighted by molar-refractivity contribution is 7.98. The van der Waals surface area contributed by atoms with E-state index in [-0.39, 0.29) is 0 Å². The van der Waals surface area contributed by atoms with E-state index in [1.807, 2.05) is 11.8 Å². The van der Waals surface area contributed by atoms with Gasteiger partial charge in [-0.2, -0.15) is 11.8 Å². The third-order valence-corrected chi connectivity index (χ3v) is 4.66. The molecule has 1 atom stereocenters. The number of aryl methyl sites for hydroxylation is 2. The second-order valence-corrected chi connectivity index (χ2v) is 6.56. The third kappa shape index (κ3) is 4.28. The van der Waals surface area contributed by atoms with Crippen molar-refractivity contribution in [2.75, 3.05) is 18.6 Å². The van der Waals surface area contributed by atoms with Gasteiger partial charge < -0.3 is 9.88 Å². The van der Waals surface area contributed by atoms with Gasteiger partial charge in [-0.1, -0.05) is 13.3 Å². The van der Waals surface area contributed by atoms with Gasteiger partial charge in [-0.05, 0) is 61.8 Å². The molecule has 0 spiro atoms. The maximum atomic E-state index is 3.73. The predicted octanol–water partition coefficient (Wildman–Crippen LogP) is 4.01. The fourth-order valence-electron chi connectivity index (χ4n) is 2.97. The van der Waals surface area contributed by atoms with Crippen LogP contribution in [0.1, 0.15) is 56.2 Å². The summed E-state index contributed by atoms with van der Waals surface area (Å²) in [5.41, 5.74) is 3.17. The molecule has 1 heterocycles. The average Bonchev–Trinajstić information content (AvgIpc) is 2.72. The molecule has 0 amide bonds. The number of fused-ring (bicyclic) bond motifs is 1. The molecule has 0 saturated carbocycles. The van der Waals surface area contributed by atoms with Crippen LogP contribution in [0.25, 0.3) is 0 Å². The molecule has 1 aliphatic rings. The summed E-state index contributed by atoms with van der Waals surface area (Å²) in [4.78, 5) is 0. The van der Waals surface area contributed by atoms with Crippen LogP contribution in [0.4, 0.5) is 0 Å². The summed E-state index contributed by atoms with van der Waals surface area (Å²) in [7, 11) is 0. The monoisotopic (exact) mass is 280 g/mol. The molecule has 0 saturated heterocycles. The number of aromatic nitrogens is 1. The zero-order valence-electron chi connectivity index (χ0n) is 12.5. The van der Waals surface area contributed by atoms with Gasteiger partial charge in [-0.15, -0.1) is 0 Å². The van der Waals surface area contributed by atoms with Crippen molar-refractivity contribution in [1.82, 2.24) is 9.88 Å². The molecule has 1 aliphatic carbocycles. The van der Waals surface area contributed by atoms with E-state index in [0.717, 1.165) is 6.54 Å². The standard InChI is InChI=1S/C16H28N2S/c1-3-9-17-16-8-5-4-7-14-12-18(13-15(14)16)10-6-11-19-2/h12-13,16-17H,3-11H2,1-2H3. The van der Waals surface area contributed by atoms with Gasteiger partial charge in [-0.3, -0.25) is 0 Å². The summed E-state index contributed by atoms with van der Waals surface area (Å²) < 4.78 is 2.42. The van der Waals surface area contributed by atoms with Crippen LogP contribution < -0.4 is 5.32 Å². The highest BCUT2D eigenvalue weighted by Gasteiger charge is 2.19. The first-order chi connectivity index (χ1) is 9.35. The third-order valence-electron chi connectivity index (χ3n) is 3.97. The van der Waals surface area contributed by atoms with Crippen molar-refractivity contribution in [3.63, 3.8) is 0 Å². The molecule has 108 valence electrons. The minimum atomic E-state index is 0.597. The van der Waals surface area contributed by atoms with Crippen molar-refractivity contribution < 1.29 is 0 Å². The lowest BCUT2D eigenvalue weighted by Crippen LogP contribution is -2.21. The summed E-state index contributed by atoms with van der Waals surface area (Å²) in [6.07, 6.45) is 14.8. The maximum absolute atomic E-state index is 3.73. The van der Waals surface area contributed by atoms with Gasteiger partial charge in [0, 0.05) is 25.0 Å². The molecule has 1 aromatic rings. The Hall–Kier alpha value is -0.410. The van der Waals surface area contributed by atoms with Crippen molar-refractivity contribution in [2.45, 2.75) is 58.0 Å². The Morgan fingerprint density at radius 2 is 2.26 bits per heavy atom. The van der Waals surface area contributed by atoms with Crippen LogP contribution in [0, 0.1) is 0 Å². The highest BCUT2D eigenvalue weighted by Crippen LogP contribution is 2.29. The van der Waals surface area contributed by atoms with Gasteiger partial charge in [0.1, 0.15) is 0 Å². The lowest BCUT2D eigenvalue weighted by molar-refractivity contribution is 0.487. The van der Waals surface area contributed by atoms with Gasteiger partial charge in [-0.25, -0.2) is 0 Å². The zero-order valence-corrected chi connectivity index (χ0v) is 13.3. The van der Waals surface area contributed by atoms with Crippen LogP contribution in [-0.2, 0) is 13.0 Å². The zero-order chi connectivity index (χ0) is 13.5.